The number of hydrogen-bond acceptors (Lipinski definition) is 6. The summed E-state index contributed by atoms with van der Waals surface area (Å²) in [5.41, 5.74) is 10.0. The summed E-state index contributed by atoms with van der Waals surface area (Å²) in [5.74, 6) is 1.04. The van der Waals surface area contributed by atoms with Gasteiger partial charge in [0, 0.05) is 67.7 Å². The molecule has 0 amide bonds. The number of nitrogens with one attached hydrogen (secondary N) is 3. The van der Waals surface area contributed by atoms with Gasteiger partial charge in [0.05, 0.1) is 17.4 Å². The molecule has 4 aromatic rings. The molecule has 1 saturated heterocycles. The zero-order valence-electron chi connectivity index (χ0n) is 19.8. The number of anilines is 1. The van der Waals surface area contributed by atoms with Gasteiger partial charge >= 0.3 is 0 Å². The van der Waals surface area contributed by atoms with E-state index in [1.54, 1.807) is 30.7 Å². The second-order valence-corrected chi connectivity index (χ2v) is 8.83. The van der Waals surface area contributed by atoms with Crippen molar-refractivity contribution in [3.05, 3.63) is 84.0 Å². The Hall–Kier alpha value is -4.38. The molecular weight excluding hydrogens is 459 g/mol. The predicted octanol–water partition coefficient (Wildman–Crippen LogP) is 2.73. The molecule has 1 fully saturated rings. The van der Waals surface area contributed by atoms with Crippen LogP contribution < -0.4 is 10.6 Å². The van der Waals surface area contributed by atoms with Gasteiger partial charge in [-0.2, -0.15) is 5.10 Å². The molecule has 36 heavy (non-hydrogen) atoms. The summed E-state index contributed by atoms with van der Waals surface area (Å²) < 4.78 is 13.3. The lowest BCUT2D eigenvalue weighted by Crippen LogP contribution is -2.49. The molecule has 4 heterocycles. The second-order valence-electron chi connectivity index (χ2n) is 8.83. The highest BCUT2D eigenvalue weighted by Gasteiger charge is 2.27. The van der Waals surface area contributed by atoms with Crippen LogP contribution in [0.5, 0.6) is 0 Å². The van der Waals surface area contributed by atoms with Crippen molar-refractivity contribution in [1.29, 1.82) is 5.41 Å². The van der Waals surface area contributed by atoms with Gasteiger partial charge in [0.1, 0.15) is 12.2 Å². The van der Waals surface area contributed by atoms with Crippen molar-refractivity contribution < 1.29 is 4.39 Å². The van der Waals surface area contributed by atoms with E-state index in [1.165, 1.54) is 12.1 Å². The zero-order chi connectivity index (χ0) is 25.1. The van der Waals surface area contributed by atoms with Gasteiger partial charge in [0.15, 0.2) is 5.84 Å². The van der Waals surface area contributed by atoms with E-state index in [4.69, 9.17) is 11.1 Å². The average Bonchev–Trinajstić information content (AvgIpc) is 3.60. The number of nitrogens with two attached hydrogens (primary N) is 1. The maximum absolute atomic E-state index is 13.3. The number of aromatic amines is 2. The number of nitrogens with zero attached hydrogens (tertiary/aromatic N) is 6. The highest BCUT2D eigenvalue weighted by molar-refractivity contribution is 6.01. The fourth-order valence-electron chi connectivity index (χ4n) is 4.32. The Morgan fingerprint density at radius 2 is 1.78 bits per heavy atom. The molecule has 184 valence electrons. The Kier molecular flexibility index (Phi) is 6.30. The predicted molar refractivity (Wildman–Crippen MR) is 137 cm³/mol. The lowest BCUT2D eigenvalue weighted by Gasteiger charge is -2.36. The quantitative estimate of drug-likeness (QED) is 0.244. The number of H-pyrrole nitrogens is 2. The normalized spacial score (nSPS) is 16.1. The van der Waals surface area contributed by atoms with Crippen molar-refractivity contribution in [3.8, 4) is 11.1 Å². The minimum Gasteiger partial charge on any atom is -0.358 e. The van der Waals surface area contributed by atoms with Crippen LogP contribution in [0.2, 0.25) is 0 Å². The first-order valence-corrected chi connectivity index (χ1v) is 11.6. The van der Waals surface area contributed by atoms with Crippen molar-refractivity contribution in [2.45, 2.75) is 12.5 Å². The van der Waals surface area contributed by atoms with E-state index in [0.717, 1.165) is 34.3 Å². The molecule has 0 radical (unpaired) electrons. The molecule has 5 rings (SSSR count). The Bertz CT molecular complexity index is 1330. The van der Waals surface area contributed by atoms with Crippen LogP contribution in [0.15, 0.2) is 66.3 Å². The number of rotatable bonds is 6. The number of halogens is 1. The summed E-state index contributed by atoms with van der Waals surface area (Å²) in [5, 5.41) is 14.4. The number of aromatic nitrogens is 5. The Labute approximate surface area is 207 Å². The van der Waals surface area contributed by atoms with Gasteiger partial charge in [-0.3, -0.25) is 10.5 Å². The first-order valence-electron chi connectivity index (χ1n) is 11.6. The van der Waals surface area contributed by atoms with E-state index in [0.29, 0.717) is 38.0 Å². The topological polar surface area (TPSA) is 139 Å². The highest BCUT2D eigenvalue weighted by Crippen LogP contribution is 2.27. The molecule has 1 atom stereocenters. The molecule has 3 aromatic heterocycles. The third-order valence-corrected chi connectivity index (χ3v) is 6.49. The van der Waals surface area contributed by atoms with Gasteiger partial charge < -0.3 is 20.5 Å². The molecule has 11 heteroatoms. The molecule has 0 aliphatic carbocycles. The van der Waals surface area contributed by atoms with Crippen LogP contribution >= 0.6 is 0 Å². The molecule has 0 spiro atoms. The lowest BCUT2D eigenvalue weighted by atomic mass is 9.87. The van der Waals surface area contributed by atoms with Gasteiger partial charge in [0.25, 0.3) is 0 Å². The van der Waals surface area contributed by atoms with E-state index in [-0.39, 0.29) is 5.82 Å². The zero-order valence-corrected chi connectivity index (χ0v) is 19.8. The van der Waals surface area contributed by atoms with E-state index in [1.807, 2.05) is 25.4 Å². The monoisotopic (exact) mass is 486 g/mol. The lowest BCUT2D eigenvalue weighted by molar-refractivity contribution is 0.383. The number of hydrogen-bond donors (Lipinski definition) is 4. The summed E-state index contributed by atoms with van der Waals surface area (Å²) in [6, 6.07) is 8.16. The van der Waals surface area contributed by atoms with Gasteiger partial charge in [-0.1, -0.05) is 12.1 Å². The molecule has 0 saturated carbocycles. The van der Waals surface area contributed by atoms with Crippen LogP contribution in [-0.2, 0) is 5.54 Å². The third-order valence-electron chi connectivity index (χ3n) is 6.49. The van der Waals surface area contributed by atoms with Gasteiger partial charge in [0.2, 0.25) is 5.95 Å². The Balaban J connectivity index is 1.26. The van der Waals surface area contributed by atoms with Crippen LogP contribution in [0.4, 0.5) is 10.3 Å². The van der Waals surface area contributed by atoms with Crippen molar-refractivity contribution >= 4 is 18.1 Å². The first-order chi connectivity index (χ1) is 17.5. The summed E-state index contributed by atoms with van der Waals surface area (Å²) in [7, 11) is 0. The first kappa shape index (κ1) is 23.4. The minimum absolute atomic E-state index is 0.302. The maximum atomic E-state index is 13.3. The summed E-state index contributed by atoms with van der Waals surface area (Å²) >= 11 is 0. The van der Waals surface area contributed by atoms with Crippen molar-refractivity contribution in [3.63, 3.8) is 0 Å². The standard InChI is InChI=1S/C25H27FN10/c1-25(28,19-2-4-21(26)5-3-19)20-14-30-24(31-15-20)36-8-6-35(7-9-36)23(32-16-27)22-10-17(11-29-22)18-12-33-34-13-18/h2-5,10-16,27,29H,6-9,28H2,1H3,(H,33,34)/t25-/m0/s1. The summed E-state index contributed by atoms with van der Waals surface area (Å²) in [6.45, 7) is 4.65. The summed E-state index contributed by atoms with van der Waals surface area (Å²) in [6.07, 6.45) is 10.0. The molecule has 1 aromatic carbocycles. The average molecular weight is 487 g/mol. The molecule has 0 unspecified atom stereocenters. The largest absolute Gasteiger partial charge is 0.358 e. The van der Waals surface area contributed by atoms with E-state index in [2.05, 4.69) is 39.9 Å². The van der Waals surface area contributed by atoms with Crippen LogP contribution in [0, 0.1) is 11.2 Å². The molecule has 1 aliphatic rings. The fourth-order valence-corrected chi connectivity index (χ4v) is 4.32. The fraction of sp³-hybridized carbons (Fsp3) is 0.240. The van der Waals surface area contributed by atoms with Crippen molar-refractivity contribution in [1.82, 2.24) is 30.0 Å². The van der Waals surface area contributed by atoms with Crippen LogP contribution in [0.25, 0.3) is 11.1 Å². The van der Waals surface area contributed by atoms with Crippen LogP contribution in [0.1, 0.15) is 23.7 Å². The summed E-state index contributed by atoms with van der Waals surface area (Å²) in [4.78, 5) is 21.0. The number of amidine groups is 1. The van der Waals surface area contributed by atoms with Gasteiger partial charge in [-0.05, 0) is 30.7 Å². The van der Waals surface area contributed by atoms with E-state index < -0.39 is 5.54 Å². The number of piperazine rings is 1. The van der Waals surface area contributed by atoms with Crippen LogP contribution in [-0.4, -0.2) is 68.4 Å². The number of aliphatic imine (C=N–C) groups is 1. The van der Waals surface area contributed by atoms with Gasteiger partial charge in [-0.25, -0.2) is 19.4 Å². The van der Waals surface area contributed by atoms with E-state index >= 15 is 0 Å². The Morgan fingerprint density at radius 1 is 1.06 bits per heavy atom. The smallest absolute Gasteiger partial charge is 0.225 e. The van der Waals surface area contributed by atoms with Crippen LogP contribution in [0.3, 0.4) is 0 Å². The molecular formula is C25H27FN10. The van der Waals surface area contributed by atoms with Gasteiger partial charge in [-0.15, -0.1) is 0 Å². The molecule has 1 aliphatic heterocycles. The highest BCUT2D eigenvalue weighted by atomic mass is 19.1. The molecule has 0 bridgehead atoms. The Morgan fingerprint density at radius 3 is 2.42 bits per heavy atom. The van der Waals surface area contributed by atoms with Crippen molar-refractivity contribution in [2.75, 3.05) is 31.1 Å². The van der Waals surface area contributed by atoms with Crippen molar-refractivity contribution in [2.24, 2.45) is 10.7 Å². The minimum atomic E-state index is -0.839. The second kappa shape index (κ2) is 9.70. The SMILES string of the molecule is C[C@](N)(c1ccc(F)cc1)c1cnc(N2CCN(C(=NC=N)c3cc(-c4cn[nH]c4)c[nH]3)CC2)nc1. The number of benzene rings is 1. The molecule has 5 N–H and O–H groups in total. The maximum Gasteiger partial charge on any atom is 0.225 e. The molecule has 10 nitrogen and oxygen atoms in total. The van der Waals surface area contributed by atoms with E-state index in [9.17, 15) is 4.39 Å². The third kappa shape index (κ3) is 4.60.